The van der Waals surface area contributed by atoms with E-state index in [1.54, 1.807) is 6.07 Å². The van der Waals surface area contributed by atoms with E-state index in [-0.39, 0.29) is 11.5 Å². The van der Waals surface area contributed by atoms with Gasteiger partial charge in [0.05, 0.1) is 17.7 Å². The molecule has 0 heterocycles. The van der Waals surface area contributed by atoms with Crippen LogP contribution in [0.25, 0.3) is 0 Å². The van der Waals surface area contributed by atoms with Crippen molar-refractivity contribution in [2.45, 2.75) is 90.6 Å². The van der Waals surface area contributed by atoms with Gasteiger partial charge in [0.15, 0.2) is 0 Å². The zero-order chi connectivity index (χ0) is 23.7. The molecule has 0 aromatic heterocycles. The van der Waals surface area contributed by atoms with Crippen molar-refractivity contribution in [1.82, 2.24) is 0 Å². The third-order valence-corrected chi connectivity index (χ3v) is 6.63. The van der Waals surface area contributed by atoms with E-state index >= 15 is 0 Å². The molecule has 1 unspecified atom stereocenters. The molecule has 1 aliphatic rings. The minimum Gasteiger partial charge on any atom is -0.507 e. The van der Waals surface area contributed by atoms with Gasteiger partial charge in [-0.2, -0.15) is 0 Å². The number of unbranched alkanes of at least 4 members (excludes halogenated alkanes) is 6. The average molecular weight is 453 g/mol. The molecule has 33 heavy (non-hydrogen) atoms. The van der Waals surface area contributed by atoms with Crippen LogP contribution in [0.5, 0.6) is 11.5 Å². The lowest BCUT2D eigenvalue weighted by Crippen LogP contribution is -2.39. The largest absolute Gasteiger partial charge is 0.507 e. The van der Waals surface area contributed by atoms with Gasteiger partial charge in [0.25, 0.3) is 0 Å². The van der Waals surface area contributed by atoms with Crippen molar-refractivity contribution in [3.63, 3.8) is 0 Å². The summed E-state index contributed by atoms with van der Waals surface area (Å²) in [5.41, 5.74) is 1.82. The van der Waals surface area contributed by atoms with Crippen LogP contribution in [-0.4, -0.2) is 24.1 Å². The molecule has 180 valence electrons. The predicted molar refractivity (Wildman–Crippen MR) is 133 cm³/mol. The first kappa shape index (κ1) is 25.3. The maximum Gasteiger partial charge on any atom is 0.201 e. The van der Waals surface area contributed by atoms with E-state index in [1.165, 1.54) is 0 Å². The second-order valence-electron chi connectivity index (χ2n) is 9.10. The Hall–Kier alpha value is -2.33. The summed E-state index contributed by atoms with van der Waals surface area (Å²) in [5, 5.41) is 10.8. The second kappa shape index (κ2) is 12.2. The summed E-state index contributed by atoms with van der Waals surface area (Å²) in [4.78, 5) is 13.7. The zero-order valence-corrected chi connectivity index (χ0v) is 20.6. The van der Waals surface area contributed by atoms with Crippen molar-refractivity contribution in [3.05, 3.63) is 58.7 Å². The van der Waals surface area contributed by atoms with E-state index < -0.39 is 5.60 Å². The maximum atomic E-state index is 13.7. The van der Waals surface area contributed by atoms with Gasteiger partial charge in [0, 0.05) is 17.7 Å². The smallest absolute Gasteiger partial charge is 0.201 e. The van der Waals surface area contributed by atoms with Gasteiger partial charge in [-0.3, -0.25) is 4.79 Å². The predicted octanol–water partition coefficient (Wildman–Crippen LogP) is 7.54. The summed E-state index contributed by atoms with van der Waals surface area (Å²) in [6, 6.07) is 11.2. The number of ketones is 1. The Morgan fingerprint density at radius 2 is 1.36 bits per heavy atom. The number of phenols is 1. The number of benzene rings is 2. The minimum atomic E-state index is -0.761. The summed E-state index contributed by atoms with van der Waals surface area (Å²) >= 11 is 0. The zero-order valence-electron chi connectivity index (χ0n) is 20.6. The van der Waals surface area contributed by atoms with E-state index in [2.05, 4.69) is 20.8 Å². The molecule has 2 aromatic carbocycles. The molecular formula is C29H40O4. The molecule has 0 fully saturated rings. The first-order chi connectivity index (χ1) is 16.1. The molecule has 0 amide bonds. The van der Waals surface area contributed by atoms with E-state index in [0.29, 0.717) is 30.1 Å². The number of fused-ring (bicyclic) bond motifs is 2. The number of ether oxygens (including phenoxy) is 2. The summed E-state index contributed by atoms with van der Waals surface area (Å²) in [5.74, 6) is 0.438. The highest BCUT2D eigenvalue weighted by Crippen LogP contribution is 2.50. The lowest BCUT2D eigenvalue weighted by atomic mass is 9.71. The number of hydrogen-bond acceptors (Lipinski definition) is 4. The fraction of sp³-hybridized carbons (Fsp3) is 0.552. The molecule has 1 aliphatic carbocycles. The number of aromatic hydroxyl groups is 1. The molecule has 1 atom stereocenters. The molecule has 4 heteroatoms. The SMILES string of the molecule is CCCCCOc1cccc2c1C(=O)c1c(O)cccc1C2(CCCCC)OCCCCC. The molecule has 0 radical (unpaired) electrons. The Labute approximate surface area is 199 Å². The molecule has 3 rings (SSSR count). The number of hydrogen-bond donors (Lipinski definition) is 1. The van der Waals surface area contributed by atoms with Gasteiger partial charge >= 0.3 is 0 Å². The number of rotatable bonds is 14. The van der Waals surface area contributed by atoms with Crippen LogP contribution in [0.4, 0.5) is 0 Å². The molecule has 1 N–H and O–H groups in total. The number of carbonyl (C=O) groups is 1. The molecular weight excluding hydrogens is 412 g/mol. The van der Waals surface area contributed by atoms with Gasteiger partial charge in [-0.15, -0.1) is 0 Å². The first-order valence-electron chi connectivity index (χ1n) is 12.9. The molecule has 2 aromatic rings. The monoisotopic (exact) mass is 452 g/mol. The van der Waals surface area contributed by atoms with Crippen LogP contribution < -0.4 is 4.74 Å². The Kier molecular flexibility index (Phi) is 9.37. The molecule has 0 spiro atoms. The summed E-state index contributed by atoms with van der Waals surface area (Å²) in [6.45, 7) is 7.72. The molecule has 4 nitrogen and oxygen atoms in total. The standard InChI is InChI=1S/C29H40O4/c1-4-7-10-19-29(33-21-12-9-6-3)22-15-13-17-24(30)26(22)28(31)27-23(29)16-14-18-25(27)32-20-11-8-5-2/h13-18,30H,4-12,19-21H2,1-3H3. The third kappa shape index (κ3) is 5.43. The minimum absolute atomic E-state index is 0.0148. The Morgan fingerprint density at radius 1 is 0.758 bits per heavy atom. The van der Waals surface area contributed by atoms with Crippen LogP contribution in [-0.2, 0) is 10.3 Å². The topological polar surface area (TPSA) is 55.8 Å². The van der Waals surface area contributed by atoms with Crippen molar-refractivity contribution in [1.29, 1.82) is 0 Å². The average Bonchev–Trinajstić information content (AvgIpc) is 2.82. The van der Waals surface area contributed by atoms with Crippen LogP contribution in [0.3, 0.4) is 0 Å². The van der Waals surface area contributed by atoms with Gasteiger partial charge in [-0.25, -0.2) is 0 Å². The van der Waals surface area contributed by atoms with Crippen LogP contribution in [0.15, 0.2) is 36.4 Å². The van der Waals surface area contributed by atoms with Crippen molar-refractivity contribution < 1.29 is 19.4 Å². The highest BCUT2D eigenvalue weighted by molar-refractivity contribution is 6.16. The maximum absolute atomic E-state index is 13.7. The van der Waals surface area contributed by atoms with Crippen molar-refractivity contribution in [2.75, 3.05) is 13.2 Å². The van der Waals surface area contributed by atoms with Crippen molar-refractivity contribution in [2.24, 2.45) is 0 Å². The van der Waals surface area contributed by atoms with Crippen LogP contribution in [0.2, 0.25) is 0 Å². The Balaban J connectivity index is 2.12. The Morgan fingerprint density at radius 3 is 2.06 bits per heavy atom. The molecule has 0 bridgehead atoms. The fourth-order valence-electron chi connectivity index (χ4n) is 4.86. The second-order valence-corrected chi connectivity index (χ2v) is 9.10. The summed E-state index contributed by atoms with van der Waals surface area (Å²) in [7, 11) is 0. The lowest BCUT2D eigenvalue weighted by molar-refractivity contribution is -0.0305. The first-order valence-corrected chi connectivity index (χ1v) is 12.9. The van der Waals surface area contributed by atoms with Crippen LogP contribution >= 0.6 is 0 Å². The summed E-state index contributed by atoms with van der Waals surface area (Å²) in [6.07, 6.45) is 10.3. The van der Waals surface area contributed by atoms with Crippen LogP contribution in [0.1, 0.15) is 112 Å². The number of phenolic OH excluding ortho intramolecular Hbond substituents is 1. The van der Waals surface area contributed by atoms with Gasteiger partial charge in [0.1, 0.15) is 17.1 Å². The van der Waals surface area contributed by atoms with E-state index in [4.69, 9.17) is 9.47 Å². The van der Waals surface area contributed by atoms with Crippen molar-refractivity contribution in [3.8, 4) is 11.5 Å². The van der Waals surface area contributed by atoms with Gasteiger partial charge in [-0.05, 0) is 37.8 Å². The van der Waals surface area contributed by atoms with Gasteiger partial charge in [0.2, 0.25) is 5.78 Å². The van der Waals surface area contributed by atoms with Gasteiger partial charge < -0.3 is 14.6 Å². The molecule has 0 saturated heterocycles. The fourth-order valence-corrected chi connectivity index (χ4v) is 4.86. The van der Waals surface area contributed by atoms with E-state index in [1.807, 2.05) is 30.3 Å². The highest BCUT2D eigenvalue weighted by atomic mass is 16.5. The van der Waals surface area contributed by atoms with E-state index in [9.17, 15) is 9.90 Å². The molecule has 0 aliphatic heterocycles. The normalized spacial score (nSPS) is 17.0. The summed E-state index contributed by atoms with van der Waals surface area (Å²) < 4.78 is 12.9. The third-order valence-electron chi connectivity index (χ3n) is 6.63. The van der Waals surface area contributed by atoms with Crippen LogP contribution in [0, 0.1) is 0 Å². The highest BCUT2D eigenvalue weighted by Gasteiger charge is 2.46. The number of carbonyl (C=O) groups excluding carboxylic acids is 1. The lowest BCUT2D eigenvalue weighted by Gasteiger charge is -2.41. The molecule has 0 saturated carbocycles. The Bertz CT molecular complexity index is 920. The van der Waals surface area contributed by atoms with Gasteiger partial charge in [-0.1, -0.05) is 83.6 Å². The van der Waals surface area contributed by atoms with E-state index in [0.717, 1.165) is 75.3 Å². The quantitative estimate of drug-likeness (QED) is 0.301. The van der Waals surface area contributed by atoms with Crippen molar-refractivity contribution >= 4 is 5.78 Å².